The minimum atomic E-state index is -0.0410. The van der Waals surface area contributed by atoms with Crippen molar-refractivity contribution in [2.75, 3.05) is 0 Å². The van der Waals surface area contributed by atoms with Crippen LogP contribution in [0, 0.1) is 0 Å². The number of hydrogen-bond donors (Lipinski definition) is 1. The molecule has 0 aliphatic carbocycles. The van der Waals surface area contributed by atoms with Crippen LogP contribution in [-0.2, 0) is 6.54 Å². The maximum atomic E-state index is 10.9. The predicted molar refractivity (Wildman–Crippen MR) is 39.8 cm³/mol. The van der Waals surface area contributed by atoms with Crippen LogP contribution in [0.4, 0.5) is 4.79 Å². The first-order chi connectivity index (χ1) is 4.77. The maximum absolute atomic E-state index is 10.9. The summed E-state index contributed by atoms with van der Waals surface area (Å²) in [5.41, 5.74) is 1.01. The van der Waals surface area contributed by atoms with Crippen LogP contribution in [0.2, 0.25) is 0 Å². The van der Waals surface area contributed by atoms with Crippen molar-refractivity contribution >= 4 is 22.0 Å². The van der Waals surface area contributed by atoms with Gasteiger partial charge in [0, 0.05) is 16.4 Å². The molecule has 0 bridgehead atoms. The van der Waals surface area contributed by atoms with Crippen LogP contribution < -0.4 is 5.32 Å². The van der Waals surface area contributed by atoms with E-state index in [-0.39, 0.29) is 6.03 Å². The Kier molecular flexibility index (Phi) is 1.11. The highest BCUT2D eigenvalue weighted by molar-refractivity contribution is 9.10. The normalized spacial score (nSPS) is 15.1. The van der Waals surface area contributed by atoms with Gasteiger partial charge in [0.25, 0.3) is 0 Å². The van der Waals surface area contributed by atoms with E-state index in [9.17, 15) is 4.79 Å². The smallest absolute Gasteiger partial charge is 0.326 e. The largest absolute Gasteiger partial charge is 0.332 e. The van der Waals surface area contributed by atoms with Crippen LogP contribution in [0.25, 0.3) is 0 Å². The third-order valence-corrected chi connectivity index (χ3v) is 1.94. The van der Waals surface area contributed by atoms with Crippen molar-refractivity contribution in [3.05, 3.63) is 22.4 Å². The Labute approximate surface area is 66.2 Å². The number of halogens is 1. The molecule has 1 amide bonds. The average molecular weight is 201 g/mol. The van der Waals surface area contributed by atoms with Gasteiger partial charge >= 0.3 is 6.03 Å². The van der Waals surface area contributed by atoms with Crippen LogP contribution in [0.15, 0.2) is 16.7 Å². The molecule has 3 nitrogen and oxygen atoms in total. The lowest BCUT2D eigenvalue weighted by Gasteiger charge is -1.89. The molecule has 0 unspecified atom stereocenters. The van der Waals surface area contributed by atoms with Crippen molar-refractivity contribution in [2.45, 2.75) is 6.54 Å². The van der Waals surface area contributed by atoms with Gasteiger partial charge in [-0.15, -0.1) is 0 Å². The third-order valence-electron chi connectivity index (χ3n) is 1.51. The van der Waals surface area contributed by atoms with Gasteiger partial charge in [0.05, 0.1) is 6.54 Å². The summed E-state index contributed by atoms with van der Waals surface area (Å²) in [6.45, 7) is 0.643. The number of hydrogen-bond acceptors (Lipinski definition) is 1. The lowest BCUT2D eigenvalue weighted by molar-refractivity contribution is 0.246. The lowest BCUT2D eigenvalue weighted by Crippen LogP contribution is -2.16. The number of nitrogens with one attached hydrogen (secondary N) is 1. The molecule has 4 heteroatoms. The number of rotatable bonds is 0. The van der Waals surface area contributed by atoms with Gasteiger partial charge in [-0.05, 0) is 22.0 Å². The van der Waals surface area contributed by atoms with E-state index in [1.807, 2.05) is 6.07 Å². The van der Waals surface area contributed by atoms with Crippen LogP contribution in [0.3, 0.4) is 0 Å². The molecule has 10 heavy (non-hydrogen) atoms. The number of carbonyl (C=O) groups excluding carboxylic acids is 1. The third kappa shape index (κ3) is 0.686. The second kappa shape index (κ2) is 1.85. The first-order valence-corrected chi connectivity index (χ1v) is 3.71. The van der Waals surface area contributed by atoms with Gasteiger partial charge in [0.1, 0.15) is 0 Å². The van der Waals surface area contributed by atoms with Gasteiger partial charge in [-0.3, -0.25) is 4.57 Å². The Hall–Kier alpha value is -0.770. The van der Waals surface area contributed by atoms with E-state index >= 15 is 0 Å². The Morgan fingerprint density at radius 2 is 2.50 bits per heavy atom. The number of fused-ring (bicyclic) bond motifs is 1. The first kappa shape index (κ1) is 5.97. The molecule has 2 heterocycles. The van der Waals surface area contributed by atoms with E-state index in [1.54, 1.807) is 10.8 Å². The molecule has 0 saturated heterocycles. The monoisotopic (exact) mass is 200 g/mol. The minimum Gasteiger partial charge on any atom is -0.332 e. The molecule has 1 N–H and O–H groups in total. The van der Waals surface area contributed by atoms with Crippen molar-refractivity contribution in [1.29, 1.82) is 0 Å². The molecule has 0 atom stereocenters. The van der Waals surface area contributed by atoms with E-state index in [1.165, 1.54) is 0 Å². The van der Waals surface area contributed by atoms with Crippen LogP contribution in [0.5, 0.6) is 0 Å². The summed E-state index contributed by atoms with van der Waals surface area (Å²) < 4.78 is 2.56. The number of aromatic nitrogens is 1. The van der Waals surface area contributed by atoms with Crippen molar-refractivity contribution in [1.82, 2.24) is 9.88 Å². The van der Waals surface area contributed by atoms with Gasteiger partial charge < -0.3 is 5.32 Å². The topological polar surface area (TPSA) is 34.0 Å². The van der Waals surface area contributed by atoms with Crippen molar-refractivity contribution < 1.29 is 4.79 Å². The summed E-state index contributed by atoms with van der Waals surface area (Å²) in [5.74, 6) is 0. The van der Waals surface area contributed by atoms with Gasteiger partial charge in [0.2, 0.25) is 0 Å². The fourth-order valence-corrected chi connectivity index (χ4v) is 1.52. The molecule has 52 valence electrons. The van der Waals surface area contributed by atoms with E-state index in [0.717, 1.165) is 10.2 Å². The van der Waals surface area contributed by atoms with Gasteiger partial charge in [-0.25, -0.2) is 4.79 Å². The van der Waals surface area contributed by atoms with Gasteiger partial charge in [-0.1, -0.05) is 0 Å². The van der Waals surface area contributed by atoms with Crippen molar-refractivity contribution in [3.8, 4) is 0 Å². The quantitative estimate of drug-likeness (QED) is 0.674. The zero-order valence-corrected chi connectivity index (χ0v) is 6.68. The molecule has 0 saturated carbocycles. The van der Waals surface area contributed by atoms with E-state index in [0.29, 0.717) is 6.54 Å². The van der Waals surface area contributed by atoms with Crippen LogP contribution in [-0.4, -0.2) is 10.6 Å². The molecule has 1 aliphatic rings. The maximum Gasteiger partial charge on any atom is 0.326 e. The van der Waals surface area contributed by atoms with E-state index in [2.05, 4.69) is 21.2 Å². The number of carbonyl (C=O) groups is 1. The molecular weight excluding hydrogens is 196 g/mol. The van der Waals surface area contributed by atoms with Gasteiger partial charge in [-0.2, -0.15) is 0 Å². The molecular formula is C6H5BrN2O. The fourth-order valence-electron chi connectivity index (χ4n) is 1.05. The Morgan fingerprint density at radius 3 is 3.20 bits per heavy atom. The first-order valence-electron chi connectivity index (χ1n) is 2.92. The zero-order chi connectivity index (χ0) is 7.14. The Bertz CT molecular complexity index is 292. The lowest BCUT2D eigenvalue weighted by atomic mass is 10.4. The van der Waals surface area contributed by atoms with Gasteiger partial charge in [0.15, 0.2) is 0 Å². The predicted octanol–water partition coefficient (Wildman–Crippen LogP) is 1.32. The SMILES string of the molecule is O=C1NCc2cc(Br)cn21. The van der Waals surface area contributed by atoms with Crippen LogP contribution >= 0.6 is 15.9 Å². The molecule has 2 rings (SSSR count). The Morgan fingerprint density at radius 1 is 1.70 bits per heavy atom. The second-order valence-electron chi connectivity index (χ2n) is 2.18. The van der Waals surface area contributed by atoms with Crippen molar-refractivity contribution in [2.24, 2.45) is 0 Å². The summed E-state index contributed by atoms with van der Waals surface area (Å²) >= 11 is 3.28. The fraction of sp³-hybridized carbons (Fsp3) is 0.167. The molecule has 1 aromatic rings. The highest BCUT2D eigenvalue weighted by atomic mass is 79.9. The summed E-state index contributed by atoms with van der Waals surface area (Å²) in [5, 5.41) is 2.70. The molecule has 0 spiro atoms. The summed E-state index contributed by atoms with van der Waals surface area (Å²) in [4.78, 5) is 10.9. The zero-order valence-electron chi connectivity index (χ0n) is 5.10. The van der Waals surface area contributed by atoms with Crippen molar-refractivity contribution in [3.63, 3.8) is 0 Å². The number of nitrogens with zero attached hydrogens (tertiary/aromatic N) is 1. The Balaban J connectivity index is 2.59. The highest BCUT2D eigenvalue weighted by Gasteiger charge is 2.17. The molecule has 0 fully saturated rings. The minimum absolute atomic E-state index is 0.0410. The second-order valence-corrected chi connectivity index (χ2v) is 3.09. The number of amides is 1. The molecule has 0 aromatic carbocycles. The molecule has 1 aliphatic heterocycles. The molecule has 0 radical (unpaired) electrons. The standard InChI is InChI=1S/C6H5BrN2O/c7-4-1-5-2-8-6(10)9(5)3-4/h1,3H,2H2,(H,8,10). The van der Waals surface area contributed by atoms with Crippen LogP contribution in [0.1, 0.15) is 5.69 Å². The summed E-state index contributed by atoms with van der Waals surface area (Å²) in [6.07, 6.45) is 1.76. The molecule has 1 aromatic heterocycles. The average Bonchev–Trinajstić information content (AvgIpc) is 2.35. The van der Waals surface area contributed by atoms with E-state index in [4.69, 9.17) is 0 Å². The highest BCUT2D eigenvalue weighted by Crippen LogP contribution is 2.17. The summed E-state index contributed by atoms with van der Waals surface area (Å²) in [7, 11) is 0. The summed E-state index contributed by atoms with van der Waals surface area (Å²) in [6, 6.07) is 1.89. The van der Waals surface area contributed by atoms with E-state index < -0.39 is 0 Å².